The molecule has 2 aromatic heterocycles. The number of methoxy groups -OCH3 is 2. The van der Waals surface area contributed by atoms with Gasteiger partial charge in [-0.15, -0.1) is 0 Å². The fraction of sp³-hybridized carbons (Fsp3) is 0.150. The molecule has 0 radical (unpaired) electrons. The Morgan fingerprint density at radius 1 is 1.00 bits per heavy atom. The molecular formula is C20H17ClN2O2. The van der Waals surface area contributed by atoms with Crippen LogP contribution in [-0.2, 0) is 0 Å². The first-order valence-corrected chi connectivity index (χ1v) is 8.29. The number of pyridine rings is 1. The summed E-state index contributed by atoms with van der Waals surface area (Å²) in [7, 11) is 3.27. The van der Waals surface area contributed by atoms with Gasteiger partial charge in [-0.1, -0.05) is 11.6 Å². The topological polar surface area (TPSA) is 47.1 Å². The van der Waals surface area contributed by atoms with Crippen molar-refractivity contribution in [3.63, 3.8) is 0 Å². The molecule has 2 aromatic carbocycles. The minimum absolute atomic E-state index is 0.574. The summed E-state index contributed by atoms with van der Waals surface area (Å²) in [5.41, 5.74) is 5.96. The molecule has 4 aromatic rings. The Morgan fingerprint density at radius 3 is 2.44 bits per heavy atom. The van der Waals surface area contributed by atoms with Crippen molar-refractivity contribution in [1.29, 1.82) is 0 Å². The summed E-state index contributed by atoms with van der Waals surface area (Å²) < 4.78 is 10.5. The van der Waals surface area contributed by atoms with Crippen LogP contribution in [-0.4, -0.2) is 24.2 Å². The van der Waals surface area contributed by atoms with E-state index in [1.807, 2.05) is 36.4 Å². The lowest BCUT2D eigenvalue weighted by atomic mass is 10.1. The molecule has 1 N–H and O–H groups in total. The molecule has 5 heteroatoms. The van der Waals surface area contributed by atoms with Crippen LogP contribution >= 0.6 is 11.6 Å². The zero-order chi connectivity index (χ0) is 17.6. The summed E-state index contributed by atoms with van der Waals surface area (Å²) in [6.45, 7) is 2.07. The fourth-order valence-electron chi connectivity index (χ4n) is 3.08. The molecule has 0 spiro atoms. The van der Waals surface area contributed by atoms with E-state index in [-0.39, 0.29) is 0 Å². The predicted molar refractivity (Wildman–Crippen MR) is 102 cm³/mol. The van der Waals surface area contributed by atoms with Gasteiger partial charge in [0.05, 0.1) is 41.5 Å². The van der Waals surface area contributed by atoms with Crippen molar-refractivity contribution < 1.29 is 9.47 Å². The number of benzene rings is 2. The number of ether oxygens (including phenoxy) is 2. The Kier molecular flexibility index (Phi) is 3.77. The average molecular weight is 353 g/mol. The third kappa shape index (κ3) is 2.59. The predicted octanol–water partition coefficient (Wildman–Crippen LogP) is 5.36. The summed E-state index contributed by atoms with van der Waals surface area (Å²) in [4.78, 5) is 8.30. The molecule has 0 amide bonds. The summed E-state index contributed by atoms with van der Waals surface area (Å²) in [5.74, 6) is 1.47. The normalized spacial score (nSPS) is 11.2. The van der Waals surface area contributed by atoms with Crippen molar-refractivity contribution >= 4 is 33.5 Å². The highest BCUT2D eigenvalue weighted by molar-refractivity contribution is 6.33. The van der Waals surface area contributed by atoms with Crippen molar-refractivity contribution in [1.82, 2.24) is 9.97 Å². The SMILES string of the molecule is COc1ccc(-c2cc(C)c3[nH]c4cc(OC)c(Cl)cc4c3n2)cc1. The van der Waals surface area contributed by atoms with E-state index in [0.29, 0.717) is 10.8 Å². The molecule has 0 atom stereocenters. The van der Waals surface area contributed by atoms with E-state index in [1.54, 1.807) is 14.2 Å². The number of nitrogens with one attached hydrogen (secondary N) is 1. The van der Waals surface area contributed by atoms with E-state index in [1.165, 1.54) is 0 Å². The largest absolute Gasteiger partial charge is 0.497 e. The van der Waals surface area contributed by atoms with Gasteiger partial charge in [0.2, 0.25) is 0 Å². The van der Waals surface area contributed by atoms with E-state index >= 15 is 0 Å². The molecule has 0 aliphatic rings. The maximum atomic E-state index is 6.31. The molecule has 0 unspecified atom stereocenters. The molecule has 0 bridgehead atoms. The minimum atomic E-state index is 0.574. The van der Waals surface area contributed by atoms with E-state index in [0.717, 1.165) is 44.5 Å². The number of H-pyrrole nitrogens is 1. The summed E-state index contributed by atoms with van der Waals surface area (Å²) in [5, 5.41) is 1.56. The van der Waals surface area contributed by atoms with Crippen molar-refractivity contribution in [2.24, 2.45) is 0 Å². The van der Waals surface area contributed by atoms with Crippen LogP contribution in [0.4, 0.5) is 0 Å². The van der Waals surface area contributed by atoms with Crippen LogP contribution in [0, 0.1) is 6.92 Å². The van der Waals surface area contributed by atoms with Gasteiger partial charge in [-0.2, -0.15) is 0 Å². The first kappa shape index (κ1) is 15.8. The molecule has 4 rings (SSSR count). The Labute approximate surface area is 150 Å². The maximum Gasteiger partial charge on any atom is 0.139 e. The summed E-state index contributed by atoms with van der Waals surface area (Å²) in [6, 6.07) is 13.8. The van der Waals surface area contributed by atoms with Crippen LogP contribution in [0.15, 0.2) is 42.5 Å². The highest BCUT2D eigenvalue weighted by Crippen LogP contribution is 2.35. The van der Waals surface area contributed by atoms with Crippen LogP contribution in [0.1, 0.15) is 5.56 Å². The second-order valence-electron chi connectivity index (χ2n) is 5.93. The van der Waals surface area contributed by atoms with Crippen molar-refractivity contribution in [3.05, 3.63) is 53.1 Å². The average Bonchev–Trinajstić information content (AvgIpc) is 2.99. The van der Waals surface area contributed by atoms with Gasteiger partial charge in [-0.25, -0.2) is 4.98 Å². The molecule has 126 valence electrons. The number of fused-ring (bicyclic) bond motifs is 3. The molecular weight excluding hydrogens is 336 g/mol. The number of halogens is 1. The van der Waals surface area contributed by atoms with E-state index in [2.05, 4.69) is 18.0 Å². The first-order valence-electron chi connectivity index (χ1n) is 7.91. The number of hydrogen-bond acceptors (Lipinski definition) is 3. The fourth-order valence-corrected chi connectivity index (χ4v) is 3.32. The Morgan fingerprint density at radius 2 is 1.76 bits per heavy atom. The molecule has 0 fully saturated rings. The molecule has 25 heavy (non-hydrogen) atoms. The smallest absolute Gasteiger partial charge is 0.139 e. The number of aromatic amines is 1. The Balaban J connectivity index is 1.95. The molecule has 0 aliphatic heterocycles. The molecule has 4 nitrogen and oxygen atoms in total. The van der Waals surface area contributed by atoms with Crippen molar-refractivity contribution in [2.75, 3.05) is 14.2 Å². The molecule has 2 heterocycles. The van der Waals surface area contributed by atoms with E-state index < -0.39 is 0 Å². The van der Waals surface area contributed by atoms with Crippen molar-refractivity contribution in [2.45, 2.75) is 6.92 Å². The third-order valence-corrected chi connectivity index (χ3v) is 4.70. The van der Waals surface area contributed by atoms with Gasteiger partial charge in [-0.3, -0.25) is 0 Å². The zero-order valence-corrected chi connectivity index (χ0v) is 14.9. The number of aromatic nitrogens is 2. The highest BCUT2D eigenvalue weighted by atomic mass is 35.5. The maximum absolute atomic E-state index is 6.31. The van der Waals surface area contributed by atoms with Gasteiger partial charge in [0.25, 0.3) is 0 Å². The van der Waals surface area contributed by atoms with Crippen LogP contribution < -0.4 is 9.47 Å². The third-order valence-electron chi connectivity index (χ3n) is 4.41. The van der Waals surface area contributed by atoms with Gasteiger partial charge in [0.1, 0.15) is 11.5 Å². The standard InChI is InChI=1S/C20H17ClN2O2/c1-11-8-16(12-4-6-13(24-2)7-5-12)22-20-14-9-15(21)18(25-3)10-17(14)23-19(11)20/h4-10,23H,1-3H3. The van der Waals surface area contributed by atoms with Gasteiger partial charge in [0.15, 0.2) is 0 Å². The van der Waals surface area contributed by atoms with Gasteiger partial charge in [0, 0.05) is 17.0 Å². The quantitative estimate of drug-likeness (QED) is 0.539. The van der Waals surface area contributed by atoms with Crippen LogP contribution in [0.3, 0.4) is 0 Å². The van der Waals surface area contributed by atoms with Crippen LogP contribution in [0.25, 0.3) is 33.2 Å². The Bertz CT molecular complexity index is 1080. The lowest BCUT2D eigenvalue weighted by Gasteiger charge is -2.06. The van der Waals surface area contributed by atoms with E-state index in [4.69, 9.17) is 26.1 Å². The van der Waals surface area contributed by atoms with Crippen LogP contribution in [0.2, 0.25) is 5.02 Å². The number of hydrogen-bond donors (Lipinski definition) is 1. The van der Waals surface area contributed by atoms with Gasteiger partial charge < -0.3 is 14.5 Å². The lowest BCUT2D eigenvalue weighted by molar-refractivity contribution is 0.415. The summed E-state index contributed by atoms with van der Waals surface area (Å²) >= 11 is 6.31. The Hall–Kier alpha value is -2.72. The molecule has 0 aliphatic carbocycles. The number of nitrogens with zero attached hydrogens (tertiary/aromatic N) is 1. The second kappa shape index (κ2) is 5.97. The zero-order valence-electron chi connectivity index (χ0n) is 14.2. The summed E-state index contributed by atoms with van der Waals surface area (Å²) in [6.07, 6.45) is 0. The second-order valence-corrected chi connectivity index (χ2v) is 6.34. The molecule has 0 saturated heterocycles. The number of rotatable bonds is 3. The van der Waals surface area contributed by atoms with Gasteiger partial charge in [-0.05, 0) is 48.9 Å². The number of aryl methyl sites for hydroxylation is 1. The lowest BCUT2D eigenvalue weighted by Crippen LogP contribution is -1.88. The highest BCUT2D eigenvalue weighted by Gasteiger charge is 2.13. The van der Waals surface area contributed by atoms with Crippen LogP contribution in [0.5, 0.6) is 11.5 Å². The minimum Gasteiger partial charge on any atom is -0.497 e. The molecule has 0 saturated carbocycles. The van der Waals surface area contributed by atoms with Gasteiger partial charge >= 0.3 is 0 Å². The van der Waals surface area contributed by atoms with E-state index in [9.17, 15) is 0 Å². The first-order chi connectivity index (χ1) is 12.1. The monoisotopic (exact) mass is 352 g/mol. The van der Waals surface area contributed by atoms with Crippen molar-refractivity contribution in [3.8, 4) is 22.8 Å².